The lowest BCUT2D eigenvalue weighted by atomic mass is 10.0. The summed E-state index contributed by atoms with van der Waals surface area (Å²) in [5.74, 6) is 6.35. The summed E-state index contributed by atoms with van der Waals surface area (Å²) in [5.41, 5.74) is 3.97. The summed E-state index contributed by atoms with van der Waals surface area (Å²) in [6.45, 7) is 2.66. The molecule has 1 aromatic carbocycles. The Labute approximate surface area is 196 Å². The number of rotatable bonds is 3. The summed E-state index contributed by atoms with van der Waals surface area (Å²) in [4.78, 5) is 17.6. The lowest BCUT2D eigenvalue weighted by molar-refractivity contribution is 0.101. The van der Waals surface area contributed by atoms with Gasteiger partial charge in [-0.1, -0.05) is 41.6 Å². The van der Waals surface area contributed by atoms with E-state index in [1.807, 2.05) is 54.1 Å². The monoisotopic (exact) mass is 456 g/mol. The molecule has 1 atom stereocenters. The normalized spacial score (nSPS) is 14.8. The van der Waals surface area contributed by atoms with Gasteiger partial charge in [0.05, 0.1) is 17.3 Å². The molecule has 1 aliphatic rings. The van der Waals surface area contributed by atoms with Crippen LogP contribution >= 0.6 is 11.6 Å². The first kappa shape index (κ1) is 21.0. The molecule has 0 bridgehead atoms. The molecule has 1 amide bonds. The minimum Gasteiger partial charge on any atom is -0.305 e. The predicted molar refractivity (Wildman–Crippen MR) is 126 cm³/mol. The molecule has 0 saturated heterocycles. The van der Waals surface area contributed by atoms with Crippen LogP contribution in [-0.2, 0) is 13.0 Å². The molecule has 0 aliphatic carbocycles. The number of nitrogens with zero attached hydrogens (tertiary/aromatic N) is 5. The second-order valence-electron chi connectivity index (χ2n) is 7.94. The minimum atomic E-state index is -0.338. The fourth-order valence-electron chi connectivity index (χ4n) is 4.00. The van der Waals surface area contributed by atoms with E-state index in [2.05, 4.69) is 32.3 Å². The van der Waals surface area contributed by atoms with E-state index >= 15 is 0 Å². The van der Waals surface area contributed by atoms with Gasteiger partial charge in [0.25, 0.3) is 5.91 Å². The van der Waals surface area contributed by atoms with Crippen molar-refractivity contribution < 1.29 is 4.79 Å². The quantitative estimate of drug-likeness (QED) is 0.467. The van der Waals surface area contributed by atoms with Gasteiger partial charge in [-0.15, -0.1) is 0 Å². The highest BCUT2D eigenvalue weighted by Crippen LogP contribution is 2.28. The van der Waals surface area contributed by atoms with Gasteiger partial charge in [0, 0.05) is 42.2 Å². The molecule has 0 spiro atoms. The van der Waals surface area contributed by atoms with E-state index in [9.17, 15) is 4.79 Å². The van der Waals surface area contributed by atoms with Crippen LogP contribution in [0.25, 0.3) is 0 Å². The summed E-state index contributed by atoms with van der Waals surface area (Å²) in [6.07, 6.45) is 6.53. The molecule has 33 heavy (non-hydrogen) atoms. The Bertz CT molecular complexity index is 1380. The molecular formula is C25H21ClN6O. The van der Waals surface area contributed by atoms with Gasteiger partial charge in [0.2, 0.25) is 0 Å². The Kier molecular flexibility index (Phi) is 5.68. The third-order valence-electron chi connectivity index (χ3n) is 5.67. The Hall–Kier alpha value is -3.89. The number of carbonyl (C=O) groups excluding carboxylic acids is 1. The number of hydrogen-bond acceptors (Lipinski definition) is 4. The van der Waals surface area contributed by atoms with E-state index in [-0.39, 0.29) is 11.9 Å². The third-order valence-corrected chi connectivity index (χ3v) is 5.95. The summed E-state index contributed by atoms with van der Waals surface area (Å²) < 4.78 is 3.71. The van der Waals surface area contributed by atoms with E-state index in [1.165, 1.54) is 6.20 Å². The number of hydrogen-bond donors (Lipinski definition) is 1. The van der Waals surface area contributed by atoms with Gasteiger partial charge in [0.1, 0.15) is 11.5 Å². The highest BCUT2D eigenvalue weighted by molar-refractivity contribution is 6.34. The predicted octanol–water partition coefficient (Wildman–Crippen LogP) is 4.28. The lowest BCUT2D eigenvalue weighted by Gasteiger charge is -2.25. The van der Waals surface area contributed by atoms with Crippen molar-refractivity contribution in [3.05, 3.63) is 94.2 Å². The summed E-state index contributed by atoms with van der Waals surface area (Å²) >= 11 is 6.37. The second-order valence-corrected chi connectivity index (χ2v) is 8.34. The topological polar surface area (TPSA) is 77.6 Å². The van der Waals surface area contributed by atoms with E-state index < -0.39 is 0 Å². The van der Waals surface area contributed by atoms with Crippen LogP contribution in [0.3, 0.4) is 0 Å². The fourth-order valence-corrected chi connectivity index (χ4v) is 4.21. The number of carbonyl (C=O) groups is 1. The molecule has 164 valence electrons. The van der Waals surface area contributed by atoms with Crippen molar-refractivity contribution in [1.29, 1.82) is 0 Å². The first-order valence-electron chi connectivity index (χ1n) is 10.7. The average Bonchev–Trinajstić information content (AvgIpc) is 3.45. The van der Waals surface area contributed by atoms with E-state index in [4.69, 9.17) is 11.6 Å². The fraction of sp³-hybridized carbons (Fsp3) is 0.200. The second kappa shape index (κ2) is 8.93. The molecule has 8 heteroatoms. The van der Waals surface area contributed by atoms with Crippen molar-refractivity contribution in [1.82, 2.24) is 24.5 Å². The molecular weight excluding hydrogens is 436 g/mol. The number of anilines is 1. The average molecular weight is 457 g/mol. The molecule has 0 unspecified atom stereocenters. The van der Waals surface area contributed by atoms with Gasteiger partial charge in [-0.2, -0.15) is 10.2 Å². The molecule has 0 saturated carbocycles. The zero-order chi connectivity index (χ0) is 22.8. The number of nitrogens with one attached hydrogen (secondary N) is 1. The van der Waals surface area contributed by atoms with Gasteiger partial charge in [-0.05, 0) is 43.2 Å². The lowest BCUT2D eigenvalue weighted by Crippen LogP contribution is -2.27. The van der Waals surface area contributed by atoms with Crippen LogP contribution in [0.1, 0.15) is 45.3 Å². The van der Waals surface area contributed by atoms with E-state index in [0.717, 1.165) is 41.8 Å². The van der Waals surface area contributed by atoms with Crippen molar-refractivity contribution in [3.63, 3.8) is 0 Å². The smallest absolute Gasteiger partial charge is 0.276 e. The van der Waals surface area contributed by atoms with Crippen LogP contribution in [0.2, 0.25) is 5.02 Å². The number of fused-ring (bicyclic) bond motifs is 1. The zero-order valence-electron chi connectivity index (χ0n) is 18.0. The molecule has 5 rings (SSSR count). The molecule has 7 nitrogen and oxygen atoms in total. The van der Waals surface area contributed by atoms with Crippen LogP contribution in [0.5, 0.6) is 0 Å². The van der Waals surface area contributed by atoms with Crippen molar-refractivity contribution in [3.8, 4) is 11.8 Å². The SMILES string of the molecule is Cc1cc(C#Cc2ccccc2)cnc1NC(=O)c1c(Cl)cnn1[C@@H]1CCn2nccc2C1. The van der Waals surface area contributed by atoms with Gasteiger partial charge in [0.15, 0.2) is 0 Å². The number of aromatic nitrogens is 5. The van der Waals surface area contributed by atoms with Gasteiger partial charge >= 0.3 is 0 Å². The van der Waals surface area contributed by atoms with Crippen LogP contribution in [-0.4, -0.2) is 30.5 Å². The van der Waals surface area contributed by atoms with Crippen LogP contribution in [0.15, 0.2) is 61.1 Å². The van der Waals surface area contributed by atoms with E-state index in [0.29, 0.717) is 16.5 Å². The maximum absolute atomic E-state index is 13.2. The van der Waals surface area contributed by atoms with Crippen molar-refractivity contribution >= 4 is 23.3 Å². The maximum atomic E-state index is 13.2. The molecule has 4 aromatic rings. The first-order valence-corrected chi connectivity index (χ1v) is 11.0. The summed E-state index contributed by atoms with van der Waals surface area (Å²) in [7, 11) is 0. The number of halogens is 1. The largest absolute Gasteiger partial charge is 0.305 e. The molecule has 4 heterocycles. The number of pyridine rings is 1. The van der Waals surface area contributed by atoms with E-state index in [1.54, 1.807) is 17.1 Å². The van der Waals surface area contributed by atoms with Gasteiger partial charge in [-0.3, -0.25) is 14.2 Å². The van der Waals surface area contributed by atoms with Crippen LogP contribution < -0.4 is 5.32 Å². The highest BCUT2D eigenvalue weighted by Gasteiger charge is 2.27. The van der Waals surface area contributed by atoms with Crippen molar-refractivity contribution in [2.75, 3.05) is 5.32 Å². The van der Waals surface area contributed by atoms with Crippen molar-refractivity contribution in [2.24, 2.45) is 0 Å². The number of aryl methyl sites for hydroxylation is 2. The Morgan fingerprint density at radius 1 is 1.12 bits per heavy atom. The molecule has 1 aliphatic heterocycles. The standard InChI is InChI=1S/C25H21ClN6O/c1-17-13-19(8-7-18-5-3-2-4-6-18)15-27-24(17)30-25(33)23-22(26)16-29-32(23)21-10-12-31-20(14-21)9-11-28-31/h2-6,9,11,13,15-16,21H,10,12,14H2,1H3,(H,27,30,33)/t21-/m1/s1. The molecule has 3 aromatic heterocycles. The Morgan fingerprint density at radius 3 is 2.76 bits per heavy atom. The zero-order valence-corrected chi connectivity index (χ0v) is 18.8. The molecule has 0 fully saturated rings. The summed E-state index contributed by atoms with van der Waals surface area (Å²) in [6, 6.07) is 13.7. The molecule has 1 N–H and O–H groups in total. The number of amides is 1. The maximum Gasteiger partial charge on any atom is 0.276 e. The van der Waals surface area contributed by atoms with Gasteiger partial charge < -0.3 is 5.32 Å². The third kappa shape index (κ3) is 4.38. The Balaban J connectivity index is 1.34. The first-order chi connectivity index (χ1) is 16.1. The van der Waals surface area contributed by atoms with Crippen molar-refractivity contribution in [2.45, 2.75) is 32.4 Å². The summed E-state index contributed by atoms with van der Waals surface area (Å²) in [5, 5.41) is 11.9. The highest BCUT2D eigenvalue weighted by atomic mass is 35.5. The molecule has 0 radical (unpaired) electrons. The Morgan fingerprint density at radius 2 is 1.94 bits per heavy atom. The van der Waals surface area contributed by atoms with Crippen LogP contribution in [0, 0.1) is 18.8 Å². The van der Waals surface area contributed by atoms with Crippen LogP contribution in [0.4, 0.5) is 5.82 Å². The van der Waals surface area contributed by atoms with Gasteiger partial charge in [-0.25, -0.2) is 4.98 Å². The number of benzene rings is 1. The minimum absolute atomic E-state index is 0.0344.